The first-order valence-electron chi connectivity index (χ1n) is 12.1. The third kappa shape index (κ3) is 7.29. The van der Waals surface area contributed by atoms with Crippen molar-refractivity contribution >= 4 is 39.1 Å². The molecule has 9 nitrogen and oxygen atoms in total. The van der Waals surface area contributed by atoms with Crippen molar-refractivity contribution in [2.45, 2.75) is 51.2 Å². The summed E-state index contributed by atoms with van der Waals surface area (Å²) in [5.41, 5.74) is 0.879. The standard InChI is InChI=1S/C26H34ClN3O6S/c1-18(26(32)28-20-10-6-7-11-20)29(16-19-9-5-8-12-22(19)27)25(31)17-30(37(4,33)34)21-13-14-23(35-2)24(15-21)36-3/h5,8-9,12-15,18,20H,6-7,10-11,16-17H2,1-4H3,(H,28,32)/t18-/m0/s1. The van der Waals surface area contributed by atoms with Gasteiger partial charge in [0.25, 0.3) is 0 Å². The number of halogens is 1. The highest BCUT2D eigenvalue weighted by Crippen LogP contribution is 2.32. The summed E-state index contributed by atoms with van der Waals surface area (Å²) < 4.78 is 37.1. The van der Waals surface area contributed by atoms with Crippen molar-refractivity contribution < 1.29 is 27.5 Å². The van der Waals surface area contributed by atoms with E-state index in [1.165, 1.54) is 31.3 Å². The molecule has 0 saturated heterocycles. The Morgan fingerprint density at radius 1 is 1.08 bits per heavy atom. The van der Waals surface area contributed by atoms with E-state index in [1.54, 1.807) is 37.3 Å². The van der Waals surface area contributed by atoms with Crippen LogP contribution in [0.3, 0.4) is 0 Å². The number of nitrogens with zero attached hydrogens (tertiary/aromatic N) is 2. The molecule has 0 aromatic heterocycles. The minimum absolute atomic E-state index is 0.0430. The lowest BCUT2D eigenvalue weighted by Crippen LogP contribution is -2.52. The van der Waals surface area contributed by atoms with Gasteiger partial charge >= 0.3 is 0 Å². The number of amides is 2. The van der Waals surface area contributed by atoms with Gasteiger partial charge in [0.05, 0.1) is 26.2 Å². The minimum Gasteiger partial charge on any atom is -0.493 e. The maximum Gasteiger partial charge on any atom is 0.244 e. The van der Waals surface area contributed by atoms with Crippen molar-refractivity contribution in [3.8, 4) is 11.5 Å². The van der Waals surface area contributed by atoms with E-state index in [-0.39, 0.29) is 24.2 Å². The maximum absolute atomic E-state index is 13.7. The number of rotatable bonds is 11. The fourth-order valence-corrected chi connectivity index (χ4v) is 5.42. The molecule has 0 unspecified atom stereocenters. The van der Waals surface area contributed by atoms with Crippen LogP contribution in [0.15, 0.2) is 42.5 Å². The maximum atomic E-state index is 13.7. The topological polar surface area (TPSA) is 105 Å². The quantitative estimate of drug-likeness (QED) is 0.457. The van der Waals surface area contributed by atoms with Gasteiger partial charge in [-0.2, -0.15) is 0 Å². The number of ether oxygens (including phenoxy) is 2. The first-order valence-corrected chi connectivity index (χ1v) is 14.3. The second-order valence-electron chi connectivity index (χ2n) is 9.09. The average Bonchev–Trinajstić information content (AvgIpc) is 3.38. The van der Waals surface area contributed by atoms with Crippen LogP contribution in [-0.2, 0) is 26.2 Å². The predicted octanol–water partition coefficient (Wildman–Crippen LogP) is 3.60. The molecule has 1 N–H and O–H groups in total. The van der Waals surface area contributed by atoms with Gasteiger partial charge in [0, 0.05) is 23.7 Å². The minimum atomic E-state index is -3.87. The number of methoxy groups -OCH3 is 2. The van der Waals surface area contributed by atoms with Crippen molar-refractivity contribution in [2.75, 3.05) is 31.3 Å². The zero-order valence-corrected chi connectivity index (χ0v) is 23.1. The van der Waals surface area contributed by atoms with E-state index in [1.807, 2.05) is 0 Å². The van der Waals surface area contributed by atoms with Gasteiger partial charge in [-0.3, -0.25) is 13.9 Å². The zero-order chi connectivity index (χ0) is 27.2. The van der Waals surface area contributed by atoms with Crippen LogP contribution in [0.4, 0.5) is 5.69 Å². The highest BCUT2D eigenvalue weighted by Gasteiger charge is 2.32. The lowest BCUT2D eigenvalue weighted by atomic mass is 10.1. The van der Waals surface area contributed by atoms with Gasteiger partial charge in [-0.05, 0) is 43.5 Å². The molecule has 1 fully saturated rings. The van der Waals surface area contributed by atoms with Crippen LogP contribution in [0.2, 0.25) is 5.02 Å². The second-order valence-corrected chi connectivity index (χ2v) is 11.4. The summed E-state index contributed by atoms with van der Waals surface area (Å²) in [6.07, 6.45) is 4.92. The number of sulfonamides is 1. The zero-order valence-electron chi connectivity index (χ0n) is 21.6. The summed E-state index contributed by atoms with van der Waals surface area (Å²) in [5, 5.41) is 3.48. The monoisotopic (exact) mass is 551 g/mol. The highest BCUT2D eigenvalue weighted by atomic mass is 35.5. The third-order valence-electron chi connectivity index (χ3n) is 6.50. The molecule has 2 aromatic rings. The first-order chi connectivity index (χ1) is 17.5. The van der Waals surface area contributed by atoms with E-state index in [9.17, 15) is 18.0 Å². The van der Waals surface area contributed by atoms with E-state index >= 15 is 0 Å². The molecular weight excluding hydrogens is 518 g/mol. The molecule has 1 saturated carbocycles. The van der Waals surface area contributed by atoms with Crippen LogP contribution >= 0.6 is 11.6 Å². The highest BCUT2D eigenvalue weighted by molar-refractivity contribution is 7.92. The van der Waals surface area contributed by atoms with E-state index in [0.717, 1.165) is 36.2 Å². The SMILES string of the molecule is COc1ccc(N(CC(=O)N(Cc2ccccc2Cl)[C@@H](C)C(=O)NC2CCCC2)S(C)(=O)=O)cc1OC. The smallest absolute Gasteiger partial charge is 0.244 e. The summed E-state index contributed by atoms with van der Waals surface area (Å²) >= 11 is 6.36. The molecule has 2 aromatic carbocycles. The number of carbonyl (C=O) groups excluding carboxylic acids is 2. The summed E-state index contributed by atoms with van der Waals surface area (Å²) in [4.78, 5) is 28.2. The molecule has 1 atom stereocenters. The van der Waals surface area contributed by atoms with E-state index in [4.69, 9.17) is 21.1 Å². The third-order valence-corrected chi connectivity index (χ3v) is 8.01. The van der Waals surface area contributed by atoms with Crippen LogP contribution in [0.5, 0.6) is 11.5 Å². The lowest BCUT2D eigenvalue weighted by molar-refractivity contribution is -0.139. The number of carbonyl (C=O) groups is 2. The molecule has 0 heterocycles. The Morgan fingerprint density at radius 3 is 2.32 bits per heavy atom. The number of anilines is 1. The Balaban J connectivity index is 1.92. The fourth-order valence-electron chi connectivity index (χ4n) is 4.38. The lowest BCUT2D eigenvalue weighted by Gasteiger charge is -2.32. The Morgan fingerprint density at radius 2 is 1.73 bits per heavy atom. The van der Waals surface area contributed by atoms with Gasteiger partial charge in [0.2, 0.25) is 21.8 Å². The van der Waals surface area contributed by atoms with Gasteiger partial charge < -0.3 is 19.7 Å². The molecule has 3 rings (SSSR count). The number of hydrogen-bond acceptors (Lipinski definition) is 6. The number of benzene rings is 2. The van der Waals surface area contributed by atoms with Gasteiger partial charge in [-0.25, -0.2) is 8.42 Å². The molecule has 1 aliphatic carbocycles. The van der Waals surface area contributed by atoms with Gasteiger partial charge in [-0.15, -0.1) is 0 Å². The molecule has 0 bridgehead atoms. The van der Waals surface area contributed by atoms with Crippen LogP contribution in [-0.4, -0.2) is 64.2 Å². The Kier molecular flexibility index (Phi) is 9.67. The van der Waals surface area contributed by atoms with E-state index < -0.39 is 28.5 Å². The van der Waals surface area contributed by atoms with Crippen molar-refractivity contribution in [3.63, 3.8) is 0 Å². The van der Waals surface area contributed by atoms with E-state index in [2.05, 4.69) is 5.32 Å². The van der Waals surface area contributed by atoms with E-state index in [0.29, 0.717) is 22.1 Å². The van der Waals surface area contributed by atoms with Crippen LogP contribution in [0.1, 0.15) is 38.2 Å². The number of hydrogen-bond donors (Lipinski definition) is 1. The molecule has 0 spiro atoms. The Hall–Kier alpha value is -2.98. The largest absolute Gasteiger partial charge is 0.493 e. The van der Waals surface area contributed by atoms with Crippen molar-refractivity contribution in [3.05, 3.63) is 53.1 Å². The molecule has 0 aliphatic heterocycles. The first kappa shape index (κ1) is 28.6. The fraction of sp³-hybridized carbons (Fsp3) is 0.462. The van der Waals surface area contributed by atoms with Crippen LogP contribution < -0.4 is 19.1 Å². The normalized spacial score (nSPS) is 14.6. The van der Waals surface area contributed by atoms with Crippen LogP contribution in [0, 0.1) is 0 Å². The second kappa shape index (κ2) is 12.5. The predicted molar refractivity (Wildman–Crippen MR) is 144 cm³/mol. The molecule has 1 aliphatic rings. The summed E-state index contributed by atoms with van der Waals surface area (Å²) in [6, 6.07) is 10.9. The van der Waals surface area contributed by atoms with Crippen molar-refractivity contribution in [1.29, 1.82) is 0 Å². The average molecular weight is 552 g/mol. The Labute approximate surface area is 223 Å². The number of nitrogens with one attached hydrogen (secondary N) is 1. The van der Waals surface area contributed by atoms with Gasteiger partial charge in [-0.1, -0.05) is 42.6 Å². The Bertz CT molecular complexity index is 1220. The molecule has 11 heteroatoms. The van der Waals surface area contributed by atoms with Gasteiger partial charge in [0.1, 0.15) is 12.6 Å². The molecule has 2 amide bonds. The van der Waals surface area contributed by atoms with Gasteiger partial charge in [0.15, 0.2) is 11.5 Å². The van der Waals surface area contributed by atoms with Crippen LogP contribution in [0.25, 0.3) is 0 Å². The molecule has 37 heavy (non-hydrogen) atoms. The molecule has 0 radical (unpaired) electrons. The summed E-state index contributed by atoms with van der Waals surface area (Å²) in [5.74, 6) is -0.0968. The molecular formula is C26H34ClN3O6S. The van der Waals surface area contributed by atoms with Crippen molar-refractivity contribution in [2.24, 2.45) is 0 Å². The van der Waals surface area contributed by atoms with Crippen molar-refractivity contribution in [1.82, 2.24) is 10.2 Å². The summed E-state index contributed by atoms with van der Waals surface area (Å²) in [7, 11) is -0.964. The summed E-state index contributed by atoms with van der Waals surface area (Å²) in [6.45, 7) is 1.17. The molecule has 202 valence electrons.